The number of carbonyl (C=O) groups is 1. The van der Waals surface area contributed by atoms with E-state index in [2.05, 4.69) is 15.6 Å². The van der Waals surface area contributed by atoms with E-state index in [0.29, 0.717) is 11.3 Å². The normalized spacial score (nSPS) is 11.8. The van der Waals surface area contributed by atoms with E-state index in [1.54, 1.807) is 19.1 Å². The average molecular weight is 334 g/mol. The molecule has 2 rings (SSSR count). The predicted molar refractivity (Wildman–Crippen MR) is 90.0 cm³/mol. The van der Waals surface area contributed by atoms with E-state index in [-0.39, 0.29) is 11.7 Å². The zero-order valence-electron chi connectivity index (χ0n) is 13.3. The minimum Gasteiger partial charge on any atom is -0.330 e. The minimum atomic E-state index is -0.468. The number of nitrogens with one attached hydrogen (secondary N) is 2. The third-order valence-electron chi connectivity index (χ3n) is 3.43. The quantitative estimate of drug-likeness (QED) is 0.655. The lowest BCUT2D eigenvalue weighted by Crippen LogP contribution is -2.31. The summed E-state index contributed by atoms with van der Waals surface area (Å²) in [6.45, 7) is 7.30. The van der Waals surface area contributed by atoms with Gasteiger partial charge in [-0.25, -0.2) is 9.78 Å². The van der Waals surface area contributed by atoms with Crippen LogP contribution in [0.2, 0.25) is 0 Å². The molecule has 0 aliphatic heterocycles. The van der Waals surface area contributed by atoms with Gasteiger partial charge in [0.2, 0.25) is 0 Å². The molecule has 2 aromatic rings. The summed E-state index contributed by atoms with van der Waals surface area (Å²) >= 11 is 1.54. The van der Waals surface area contributed by atoms with E-state index >= 15 is 0 Å². The molecular weight excluding hydrogens is 316 g/mol. The Hall–Kier alpha value is -2.48. The number of nitro benzene ring substituents is 1. The molecule has 8 heteroatoms. The molecule has 0 saturated heterocycles. The number of thiazole rings is 1. The van der Waals surface area contributed by atoms with Gasteiger partial charge in [0, 0.05) is 10.9 Å². The molecule has 0 fully saturated rings. The molecule has 2 amide bonds. The van der Waals surface area contributed by atoms with Crippen LogP contribution in [0, 0.1) is 30.9 Å². The first-order valence-corrected chi connectivity index (χ1v) is 7.86. The van der Waals surface area contributed by atoms with E-state index < -0.39 is 11.0 Å². The number of rotatable bonds is 4. The molecule has 0 bridgehead atoms. The standard InChI is InChI=1S/C15H18N4O3S/c1-8-12(6-5-7-13(8)19(21)22)18-15(20)17-10(3)14-9(2)16-11(4)23-14/h5-7,10H,1-4H3,(H2,17,18,20). The molecule has 1 unspecified atom stereocenters. The second-order valence-corrected chi connectivity index (χ2v) is 6.44. The van der Waals surface area contributed by atoms with Crippen LogP contribution in [0.25, 0.3) is 0 Å². The number of amides is 2. The highest BCUT2D eigenvalue weighted by atomic mass is 32.1. The second-order valence-electron chi connectivity index (χ2n) is 5.21. The summed E-state index contributed by atoms with van der Waals surface area (Å²) in [4.78, 5) is 27.9. The Balaban J connectivity index is 2.10. The summed E-state index contributed by atoms with van der Waals surface area (Å²) in [5, 5.41) is 17.4. The summed E-state index contributed by atoms with van der Waals surface area (Å²) in [6.07, 6.45) is 0. The lowest BCUT2D eigenvalue weighted by molar-refractivity contribution is -0.385. The maximum atomic E-state index is 12.1. The molecule has 122 valence electrons. The number of benzene rings is 1. The van der Waals surface area contributed by atoms with Crippen molar-refractivity contribution in [2.45, 2.75) is 33.7 Å². The third kappa shape index (κ3) is 3.84. The Kier molecular flexibility index (Phi) is 4.95. The van der Waals surface area contributed by atoms with E-state index in [1.807, 2.05) is 20.8 Å². The van der Waals surface area contributed by atoms with Gasteiger partial charge in [0.05, 0.1) is 32.9 Å². The molecule has 1 heterocycles. The topological polar surface area (TPSA) is 97.2 Å². The molecule has 23 heavy (non-hydrogen) atoms. The van der Waals surface area contributed by atoms with Crippen molar-refractivity contribution in [1.82, 2.24) is 10.3 Å². The molecular formula is C15H18N4O3S. The molecule has 0 aliphatic rings. The lowest BCUT2D eigenvalue weighted by Gasteiger charge is -2.15. The number of anilines is 1. The van der Waals surface area contributed by atoms with Gasteiger partial charge in [-0.1, -0.05) is 6.07 Å². The van der Waals surface area contributed by atoms with Gasteiger partial charge in [-0.2, -0.15) is 0 Å². The number of nitro groups is 1. The monoisotopic (exact) mass is 334 g/mol. The van der Waals surface area contributed by atoms with Crippen molar-refractivity contribution in [3.63, 3.8) is 0 Å². The van der Waals surface area contributed by atoms with E-state index in [0.717, 1.165) is 15.6 Å². The Bertz CT molecular complexity index is 757. The zero-order chi connectivity index (χ0) is 17.1. The molecule has 2 N–H and O–H groups in total. The first-order chi connectivity index (χ1) is 10.8. The van der Waals surface area contributed by atoms with Crippen molar-refractivity contribution in [3.8, 4) is 0 Å². The van der Waals surface area contributed by atoms with Crippen LogP contribution in [0.3, 0.4) is 0 Å². The van der Waals surface area contributed by atoms with Crippen LogP contribution in [-0.4, -0.2) is 15.9 Å². The van der Waals surface area contributed by atoms with Crippen molar-refractivity contribution in [2.24, 2.45) is 0 Å². The molecule has 0 aliphatic carbocycles. The van der Waals surface area contributed by atoms with Gasteiger partial charge >= 0.3 is 6.03 Å². The second kappa shape index (κ2) is 6.74. The fraction of sp³-hybridized carbons (Fsp3) is 0.333. The van der Waals surface area contributed by atoms with Crippen molar-refractivity contribution >= 4 is 28.7 Å². The van der Waals surface area contributed by atoms with E-state index in [4.69, 9.17) is 0 Å². The van der Waals surface area contributed by atoms with Crippen LogP contribution in [0.1, 0.15) is 34.1 Å². The number of carbonyl (C=O) groups excluding carboxylic acids is 1. The molecule has 0 saturated carbocycles. The summed E-state index contributed by atoms with van der Waals surface area (Å²) in [5.74, 6) is 0. The maximum Gasteiger partial charge on any atom is 0.319 e. The van der Waals surface area contributed by atoms with E-state index in [9.17, 15) is 14.9 Å². The SMILES string of the molecule is Cc1nc(C)c(C(C)NC(=O)Nc2cccc([N+](=O)[O-])c2C)s1. The lowest BCUT2D eigenvalue weighted by atomic mass is 10.1. The summed E-state index contributed by atoms with van der Waals surface area (Å²) < 4.78 is 0. The van der Waals surface area contributed by atoms with E-state index in [1.165, 1.54) is 17.4 Å². The van der Waals surface area contributed by atoms with Crippen molar-refractivity contribution in [3.05, 3.63) is 49.5 Å². The molecule has 1 atom stereocenters. The number of nitrogens with zero attached hydrogens (tertiary/aromatic N) is 2. The Labute approximate surface area is 137 Å². The van der Waals surface area contributed by atoms with Crippen LogP contribution in [0.5, 0.6) is 0 Å². The highest BCUT2D eigenvalue weighted by Crippen LogP contribution is 2.26. The largest absolute Gasteiger partial charge is 0.330 e. The van der Waals surface area contributed by atoms with Gasteiger partial charge in [0.1, 0.15) is 0 Å². The summed E-state index contributed by atoms with van der Waals surface area (Å²) in [6, 6.07) is 3.98. The van der Waals surface area contributed by atoms with Gasteiger partial charge < -0.3 is 10.6 Å². The van der Waals surface area contributed by atoms with Crippen molar-refractivity contribution in [2.75, 3.05) is 5.32 Å². The third-order valence-corrected chi connectivity index (χ3v) is 4.69. The molecule has 7 nitrogen and oxygen atoms in total. The number of urea groups is 1. The maximum absolute atomic E-state index is 12.1. The van der Waals surface area contributed by atoms with Gasteiger partial charge in [0.15, 0.2) is 0 Å². The highest BCUT2D eigenvalue weighted by molar-refractivity contribution is 7.11. The molecule has 1 aromatic carbocycles. The first-order valence-electron chi connectivity index (χ1n) is 7.05. The number of aryl methyl sites for hydroxylation is 2. The van der Waals surface area contributed by atoms with Crippen LogP contribution in [-0.2, 0) is 0 Å². The van der Waals surface area contributed by atoms with Crippen LogP contribution in [0.4, 0.5) is 16.2 Å². The van der Waals surface area contributed by atoms with Gasteiger partial charge in [-0.15, -0.1) is 11.3 Å². The Morgan fingerprint density at radius 2 is 2.04 bits per heavy atom. The first kappa shape index (κ1) is 16.9. The molecule has 0 radical (unpaired) electrons. The van der Waals surface area contributed by atoms with Crippen molar-refractivity contribution < 1.29 is 9.72 Å². The molecule has 1 aromatic heterocycles. The minimum absolute atomic E-state index is 0.0234. The summed E-state index contributed by atoms with van der Waals surface area (Å²) in [7, 11) is 0. The van der Waals surface area contributed by atoms with Crippen molar-refractivity contribution in [1.29, 1.82) is 0 Å². The van der Waals surface area contributed by atoms with Gasteiger partial charge in [0.25, 0.3) is 5.69 Å². The zero-order valence-corrected chi connectivity index (χ0v) is 14.2. The van der Waals surface area contributed by atoms with Gasteiger partial charge in [-0.3, -0.25) is 10.1 Å². The Morgan fingerprint density at radius 3 is 2.61 bits per heavy atom. The van der Waals surface area contributed by atoms with Crippen LogP contribution in [0.15, 0.2) is 18.2 Å². The number of hydrogen-bond acceptors (Lipinski definition) is 5. The predicted octanol–water partition coefficient (Wildman–Crippen LogP) is 3.86. The number of hydrogen-bond donors (Lipinski definition) is 2. The smallest absolute Gasteiger partial charge is 0.319 e. The molecule has 0 spiro atoms. The average Bonchev–Trinajstić information content (AvgIpc) is 2.79. The summed E-state index contributed by atoms with van der Waals surface area (Å²) in [5.41, 5.74) is 1.71. The van der Waals surface area contributed by atoms with Gasteiger partial charge in [-0.05, 0) is 33.8 Å². The fourth-order valence-electron chi connectivity index (χ4n) is 2.33. The Morgan fingerprint density at radius 1 is 1.35 bits per heavy atom. The fourth-order valence-corrected chi connectivity index (χ4v) is 3.26. The highest BCUT2D eigenvalue weighted by Gasteiger charge is 2.18. The number of aromatic nitrogens is 1. The van der Waals surface area contributed by atoms with Crippen LogP contribution >= 0.6 is 11.3 Å². The van der Waals surface area contributed by atoms with Crippen LogP contribution < -0.4 is 10.6 Å².